The van der Waals surface area contributed by atoms with E-state index in [1.807, 2.05) is 18.3 Å². The molecule has 2 atom stereocenters. The number of ether oxygens (including phenoxy) is 1. The standard InChI is InChI=1S/C51H58N4O.Pt/c1-31(2)48-47(36-17-15-14-16-18-36)49(32(3)4)55(53-48)39-25-33(5)26-41(29-39)56-40-20-21-42-43-27-37(34(6)35(7)50(8,9)10)19-22-44(43)54(45(42)30-40)46-28-38(23-24-52-46)51(11,12)13;/h14-28,31-32,34-35H,1-13H3;/q-2;+2. The summed E-state index contributed by atoms with van der Waals surface area (Å²) in [5, 5.41) is 7.57. The molecule has 57 heavy (non-hydrogen) atoms. The minimum Gasteiger partial charge on any atom is -0.509 e. The molecule has 0 spiro atoms. The molecule has 0 saturated carbocycles. The van der Waals surface area contributed by atoms with Crippen LogP contribution in [0.2, 0.25) is 0 Å². The minimum absolute atomic E-state index is 0. The van der Waals surface area contributed by atoms with Crippen LogP contribution in [0.5, 0.6) is 11.5 Å². The number of aromatic nitrogens is 4. The molecule has 298 valence electrons. The van der Waals surface area contributed by atoms with Crippen molar-refractivity contribution in [1.82, 2.24) is 19.3 Å². The van der Waals surface area contributed by atoms with Crippen molar-refractivity contribution >= 4 is 21.8 Å². The molecule has 7 rings (SSSR count). The van der Waals surface area contributed by atoms with Crippen molar-refractivity contribution in [2.24, 2.45) is 11.3 Å². The molecule has 0 aliphatic rings. The van der Waals surface area contributed by atoms with E-state index in [0.717, 1.165) is 39.2 Å². The van der Waals surface area contributed by atoms with Crippen LogP contribution >= 0.6 is 0 Å². The van der Waals surface area contributed by atoms with E-state index in [4.69, 9.17) is 14.8 Å². The minimum atomic E-state index is -0.0271. The Morgan fingerprint density at radius 2 is 1.44 bits per heavy atom. The molecule has 2 unspecified atom stereocenters. The number of hydrogen-bond acceptors (Lipinski definition) is 3. The number of pyridine rings is 1. The van der Waals surface area contributed by atoms with Crippen molar-refractivity contribution in [3.63, 3.8) is 0 Å². The molecule has 0 aliphatic heterocycles. The maximum atomic E-state index is 6.71. The monoisotopic (exact) mass is 937 g/mol. The summed E-state index contributed by atoms with van der Waals surface area (Å²) in [7, 11) is 0. The molecule has 4 aromatic carbocycles. The van der Waals surface area contributed by atoms with Crippen molar-refractivity contribution in [2.75, 3.05) is 0 Å². The Kier molecular flexibility index (Phi) is 11.9. The third-order valence-electron chi connectivity index (χ3n) is 11.7. The fraction of sp³-hybridized carbons (Fsp3) is 0.373. The van der Waals surface area contributed by atoms with Gasteiger partial charge in [-0.3, -0.25) is 4.68 Å². The summed E-state index contributed by atoms with van der Waals surface area (Å²) >= 11 is 0. The van der Waals surface area contributed by atoms with Gasteiger partial charge in [-0.25, -0.2) is 4.98 Å². The van der Waals surface area contributed by atoms with Crippen LogP contribution < -0.4 is 4.74 Å². The van der Waals surface area contributed by atoms with Gasteiger partial charge in [0.05, 0.1) is 11.4 Å². The van der Waals surface area contributed by atoms with Crippen molar-refractivity contribution < 1.29 is 25.8 Å². The molecule has 0 fully saturated rings. The van der Waals surface area contributed by atoms with Gasteiger partial charge >= 0.3 is 21.1 Å². The van der Waals surface area contributed by atoms with Gasteiger partial charge in [0.2, 0.25) is 0 Å². The predicted molar refractivity (Wildman–Crippen MR) is 234 cm³/mol. The smallest absolute Gasteiger partial charge is 0.509 e. The second-order valence-corrected chi connectivity index (χ2v) is 18.5. The third-order valence-corrected chi connectivity index (χ3v) is 11.7. The maximum absolute atomic E-state index is 6.71. The Morgan fingerprint density at radius 1 is 0.719 bits per heavy atom. The van der Waals surface area contributed by atoms with E-state index >= 15 is 0 Å². The van der Waals surface area contributed by atoms with Crippen molar-refractivity contribution in [2.45, 2.75) is 113 Å². The van der Waals surface area contributed by atoms with Crippen LogP contribution in [0, 0.1) is 30.4 Å². The first-order chi connectivity index (χ1) is 26.4. The van der Waals surface area contributed by atoms with Crippen molar-refractivity contribution in [3.05, 3.63) is 131 Å². The zero-order chi connectivity index (χ0) is 40.3. The fourth-order valence-electron chi connectivity index (χ4n) is 7.99. The Bertz CT molecular complexity index is 2530. The van der Waals surface area contributed by atoms with E-state index in [-0.39, 0.29) is 43.7 Å². The van der Waals surface area contributed by atoms with E-state index in [0.29, 0.717) is 23.3 Å². The van der Waals surface area contributed by atoms with Crippen LogP contribution in [0.15, 0.2) is 91.1 Å². The van der Waals surface area contributed by atoms with E-state index in [2.05, 4.69) is 184 Å². The molecule has 0 bridgehead atoms. The number of aryl methyl sites for hydroxylation is 1. The number of benzene rings is 4. The first kappa shape index (κ1) is 42.1. The molecular formula is C51H58N4OPt. The van der Waals surface area contributed by atoms with Crippen LogP contribution in [-0.2, 0) is 26.5 Å². The Balaban J connectivity index is 0.00000549. The summed E-state index contributed by atoms with van der Waals surface area (Å²) in [5.41, 5.74) is 11.3. The van der Waals surface area contributed by atoms with E-state index in [1.54, 1.807) is 0 Å². The zero-order valence-corrected chi connectivity index (χ0v) is 38.3. The SMILES string of the molecule is Cc1cc(Oc2[c-]c3c(cc2)c2cc(C(C)C(C)C(C)(C)C)ccc2n3-c2cc(C(C)(C)C)ccn2)[c-]c(-n2nc(C(C)C)c(-c3ccccc3)c2C(C)C)c1.[Pt+2]. The first-order valence-corrected chi connectivity index (χ1v) is 20.3. The Labute approximate surface area is 355 Å². The fourth-order valence-corrected chi connectivity index (χ4v) is 7.99. The van der Waals surface area contributed by atoms with Gasteiger partial charge in [-0.15, -0.1) is 35.7 Å². The number of rotatable bonds is 9. The number of hydrogen-bond donors (Lipinski definition) is 0. The van der Waals surface area contributed by atoms with Crippen molar-refractivity contribution in [1.29, 1.82) is 0 Å². The largest absolute Gasteiger partial charge is 2.00 e. The maximum Gasteiger partial charge on any atom is 2.00 e. The number of fused-ring (bicyclic) bond motifs is 3. The van der Waals surface area contributed by atoms with Crippen LogP contribution in [0.3, 0.4) is 0 Å². The Morgan fingerprint density at radius 3 is 2.09 bits per heavy atom. The molecule has 3 heterocycles. The van der Waals surface area contributed by atoms with Crippen LogP contribution in [-0.4, -0.2) is 19.3 Å². The van der Waals surface area contributed by atoms with Crippen LogP contribution in [0.4, 0.5) is 0 Å². The van der Waals surface area contributed by atoms with Gasteiger partial charge in [0, 0.05) is 28.8 Å². The average Bonchev–Trinajstić information content (AvgIpc) is 3.71. The summed E-state index contributed by atoms with van der Waals surface area (Å²) in [6.45, 7) is 29.5. The molecule has 6 heteroatoms. The zero-order valence-electron chi connectivity index (χ0n) is 36.0. The van der Waals surface area contributed by atoms with Gasteiger partial charge in [0.25, 0.3) is 0 Å². The second kappa shape index (κ2) is 16.1. The Hall–Kier alpha value is -4.47. The molecule has 0 aliphatic carbocycles. The third kappa shape index (κ3) is 8.28. The van der Waals surface area contributed by atoms with E-state index < -0.39 is 0 Å². The van der Waals surface area contributed by atoms with Gasteiger partial charge in [0.15, 0.2) is 0 Å². The van der Waals surface area contributed by atoms with Gasteiger partial charge in [-0.2, -0.15) is 16.7 Å². The van der Waals surface area contributed by atoms with E-state index in [9.17, 15) is 0 Å². The van der Waals surface area contributed by atoms with Gasteiger partial charge in [-0.05, 0) is 80.5 Å². The molecule has 0 saturated heterocycles. The summed E-state index contributed by atoms with van der Waals surface area (Å²) < 4.78 is 11.0. The normalized spacial score (nSPS) is 13.4. The van der Waals surface area contributed by atoms with Gasteiger partial charge in [0.1, 0.15) is 5.82 Å². The molecule has 0 radical (unpaired) electrons. The van der Waals surface area contributed by atoms with Gasteiger partial charge < -0.3 is 9.30 Å². The summed E-state index contributed by atoms with van der Waals surface area (Å²) in [6, 6.07) is 37.6. The van der Waals surface area contributed by atoms with E-state index in [1.165, 1.54) is 33.3 Å². The molecule has 7 aromatic rings. The predicted octanol–water partition coefficient (Wildman–Crippen LogP) is 14.1. The summed E-state index contributed by atoms with van der Waals surface area (Å²) in [6.07, 6.45) is 1.92. The van der Waals surface area contributed by atoms with Crippen molar-refractivity contribution in [3.8, 4) is 34.1 Å². The quantitative estimate of drug-likeness (QED) is 0.136. The number of nitrogens with zero attached hydrogens (tertiary/aromatic N) is 4. The first-order valence-electron chi connectivity index (χ1n) is 20.3. The average molecular weight is 938 g/mol. The van der Waals surface area contributed by atoms with Crippen LogP contribution in [0.25, 0.3) is 44.4 Å². The molecular weight excluding hydrogens is 880 g/mol. The van der Waals surface area contributed by atoms with Gasteiger partial charge in [-0.1, -0.05) is 138 Å². The van der Waals surface area contributed by atoms with Crippen LogP contribution in [0.1, 0.15) is 129 Å². The molecule has 0 amide bonds. The molecule has 5 nitrogen and oxygen atoms in total. The molecule has 0 N–H and O–H groups in total. The summed E-state index contributed by atoms with van der Waals surface area (Å²) in [5.74, 6) is 3.48. The topological polar surface area (TPSA) is 44.9 Å². The second-order valence-electron chi connectivity index (χ2n) is 18.5. The summed E-state index contributed by atoms with van der Waals surface area (Å²) in [4.78, 5) is 4.94. The molecule has 3 aromatic heterocycles.